The molecule has 7 heteroatoms. The smallest absolute Gasteiger partial charge is 0.321 e. The van der Waals surface area contributed by atoms with Crippen LogP contribution in [-0.2, 0) is 4.79 Å². The van der Waals surface area contributed by atoms with Crippen molar-refractivity contribution in [1.82, 2.24) is 10.6 Å². The Morgan fingerprint density at radius 1 is 1.26 bits per heavy atom. The summed E-state index contributed by atoms with van der Waals surface area (Å²) in [5.74, 6) is 0.0723. The van der Waals surface area contributed by atoms with Gasteiger partial charge in [0.05, 0.1) is 5.92 Å². The number of hydrogen-bond acceptors (Lipinski definition) is 3. The minimum Gasteiger partial charge on any atom is -0.338 e. The van der Waals surface area contributed by atoms with E-state index in [0.29, 0.717) is 6.54 Å². The molecule has 2 heterocycles. The molecule has 2 fully saturated rings. The van der Waals surface area contributed by atoms with Gasteiger partial charge < -0.3 is 16.0 Å². The molecule has 126 valence electrons. The van der Waals surface area contributed by atoms with E-state index in [1.165, 1.54) is 0 Å². The SMILES string of the molecule is Cl.O=C(Nc1cccc(N2CCCNC2=O)c1)C1CCCNC1. The van der Waals surface area contributed by atoms with Gasteiger partial charge in [0.2, 0.25) is 5.91 Å². The molecule has 2 aliphatic heterocycles. The molecule has 0 radical (unpaired) electrons. The molecule has 3 rings (SSSR count). The molecule has 3 N–H and O–H groups in total. The van der Waals surface area contributed by atoms with Crippen LogP contribution in [0.3, 0.4) is 0 Å². The lowest BCUT2D eigenvalue weighted by molar-refractivity contribution is -0.120. The van der Waals surface area contributed by atoms with Gasteiger partial charge in [-0.2, -0.15) is 0 Å². The highest BCUT2D eigenvalue weighted by Gasteiger charge is 2.22. The average molecular weight is 339 g/mol. The van der Waals surface area contributed by atoms with Crippen LogP contribution in [0.4, 0.5) is 16.2 Å². The first kappa shape index (κ1) is 17.6. The summed E-state index contributed by atoms with van der Waals surface area (Å²) in [4.78, 5) is 25.9. The predicted octanol–water partition coefficient (Wildman–Crippen LogP) is 1.97. The lowest BCUT2D eigenvalue weighted by atomic mass is 9.99. The Hall–Kier alpha value is -1.79. The van der Waals surface area contributed by atoms with Crippen LogP contribution in [0.25, 0.3) is 0 Å². The summed E-state index contributed by atoms with van der Waals surface area (Å²) in [5.41, 5.74) is 1.56. The maximum atomic E-state index is 12.3. The van der Waals surface area contributed by atoms with Gasteiger partial charge in [0.15, 0.2) is 0 Å². The minimum absolute atomic E-state index is 0. The number of benzene rings is 1. The summed E-state index contributed by atoms with van der Waals surface area (Å²) in [5, 5.41) is 9.05. The van der Waals surface area contributed by atoms with Crippen LogP contribution in [0.2, 0.25) is 0 Å². The Morgan fingerprint density at radius 3 is 2.87 bits per heavy atom. The van der Waals surface area contributed by atoms with Crippen molar-refractivity contribution in [2.45, 2.75) is 19.3 Å². The molecule has 0 spiro atoms. The first-order valence-electron chi connectivity index (χ1n) is 7.91. The van der Waals surface area contributed by atoms with Crippen LogP contribution >= 0.6 is 12.4 Å². The Labute approximate surface area is 142 Å². The molecule has 23 heavy (non-hydrogen) atoms. The fraction of sp³-hybridized carbons (Fsp3) is 0.500. The van der Waals surface area contributed by atoms with E-state index in [9.17, 15) is 9.59 Å². The Bertz CT molecular complexity index is 561. The van der Waals surface area contributed by atoms with E-state index in [0.717, 1.165) is 50.3 Å². The highest BCUT2D eigenvalue weighted by molar-refractivity contribution is 5.96. The number of nitrogens with one attached hydrogen (secondary N) is 3. The normalized spacial score (nSPS) is 21.1. The van der Waals surface area contributed by atoms with Gasteiger partial charge in [0.25, 0.3) is 0 Å². The van der Waals surface area contributed by atoms with Gasteiger partial charge in [-0.05, 0) is 44.0 Å². The predicted molar refractivity (Wildman–Crippen MR) is 93.3 cm³/mol. The second-order valence-electron chi connectivity index (χ2n) is 5.82. The highest BCUT2D eigenvalue weighted by Crippen LogP contribution is 2.22. The summed E-state index contributed by atoms with van der Waals surface area (Å²) >= 11 is 0. The van der Waals surface area contributed by atoms with Crippen LogP contribution in [0.1, 0.15) is 19.3 Å². The molecule has 0 saturated carbocycles. The van der Waals surface area contributed by atoms with E-state index in [-0.39, 0.29) is 30.3 Å². The summed E-state index contributed by atoms with van der Waals surface area (Å²) in [7, 11) is 0. The van der Waals surface area contributed by atoms with E-state index < -0.39 is 0 Å². The number of carbonyl (C=O) groups excluding carboxylic acids is 2. The largest absolute Gasteiger partial charge is 0.338 e. The van der Waals surface area contributed by atoms with Gasteiger partial charge in [-0.15, -0.1) is 12.4 Å². The third-order valence-corrected chi connectivity index (χ3v) is 4.17. The molecule has 2 aliphatic rings. The third-order valence-electron chi connectivity index (χ3n) is 4.17. The number of hydrogen-bond donors (Lipinski definition) is 3. The maximum absolute atomic E-state index is 12.3. The van der Waals surface area contributed by atoms with Crippen molar-refractivity contribution in [2.75, 3.05) is 36.4 Å². The molecule has 6 nitrogen and oxygen atoms in total. The van der Waals surface area contributed by atoms with Crippen molar-refractivity contribution >= 4 is 35.7 Å². The summed E-state index contributed by atoms with van der Waals surface area (Å²) in [6, 6.07) is 7.40. The molecule has 0 aromatic heterocycles. The van der Waals surface area contributed by atoms with Gasteiger partial charge in [-0.25, -0.2) is 4.79 Å². The molecule has 2 saturated heterocycles. The number of rotatable bonds is 3. The molecule has 1 unspecified atom stereocenters. The van der Waals surface area contributed by atoms with Crippen LogP contribution in [0.5, 0.6) is 0 Å². The van der Waals surface area contributed by atoms with Crippen LogP contribution in [0, 0.1) is 5.92 Å². The minimum atomic E-state index is -0.0776. The second kappa shape index (κ2) is 8.17. The average Bonchev–Trinajstić information content (AvgIpc) is 2.56. The first-order chi connectivity index (χ1) is 10.7. The number of nitrogens with zero attached hydrogens (tertiary/aromatic N) is 1. The summed E-state index contributed by atoms with van der Waals surface area (Å²) < 4.78 is 0. The van der Waals surface area contributed by atoms with Crippen molar-refractivity contribution in [3.63, 3.8) is 0 Å². The van der Waals surface area contributed by atoms with E-state index in [1.54, 1.807) is 4.90 Å². The third kappa shape index (κ3) is 4.36. The van der Waals surface area contributed by atoms with Crippen molar-refractivity contribution in [3.05, 3.63) is 24.3 Å². The number of anilines is 2. The van der Waals surface area contributed by atoms with Gasteiger partial charge in [-0.1, -0.05) is 6.07 Å². The second-order valence-corrected chi connectivity index (χ2v) is 5.82. The van der Waals surface area contributed by atoms with Crippen LogP contribution in [-0.4, -0.2) is 38.1 Å². The molecular formula is C16H23ClN4O2. The summed E-state index contributed by atoms with van der Waals surface area (Å²) in [6.07, 6.45) is 2.88. The first-order valence-corrected chi connectivity index (χ1v) is 7.91. The van der Waals surface area contributed by atoms with Gasteiger partial charge in [0.1, 0.15) is 0 Å². The Morgan fingerprint density at radius 2 is 2.13 bits per heavy atom. The molecular weight excluding hydrogens is 316 g/mol. The van der Waals surface area contributed by atoms with Crippen molar-refractivity contribution in [3.8, 4) is 0 Å². The molecule has 3 amide bonds. The zero-order valence-corrected chi connectivity index (χ0v) is 13.8. The number of carbonyl (C=O) groups is 2. The van der Waals surface area contributed by atoms with Gasteiger partial charge in [0, 0.05) is 31.0 Å². The number of piperidine rings is 1. The number of amides is 3. The Balaban J connectivity index is 0.00000192. The molecule has 0 bridgehead atoms. The molecule has 0 aliphatic carbocycles. The fourth-order valence-corrected chi connectivity index (χ4v) is 2.95. The van der Waals surface area contributed by atoms with E-state index in [1.807, 2.05) is 24.3 Å². The Kier molecular flexibility index (Phi) is 6.24. The van der Waals surface area contributed by atoms with Crippen molar-refractivity contribution in [1.29, 1.82) is 0 Å². The zero-order chi connectivity index (χ0) is 15.4. The van der Waals surface area contributed by atoms with Gasteiger partial charge >= 0.3 is 6.03 Å². The van der Waals surface area contributed by atoms with Crippen LogP contribution in [0.15, 0.2) is 24.3 Å². The highest BCUT2D eigenvalue weighted by atomic mass is 35.5. The quantitative estimate of drug-likeness (QED) is 0.789. The van der Waals surface area contributed by atoms with E-state index in [2.05, 4.69) is 16.0 Å². The number of urea groups is 1. The summed E-state index contributed by atoms with van der Waals surface area (Å²) in [6.45, 7) is 3.15. The fourth-order valence-electron chi connectivity index (χ4n) is 2.95. The van der Waals surface area contributed by atoms with Crippen LogP contribution < -0.4 is 20.9 Å². The standard InChI is InChI=1S/C16H22N4O2.ClH/c21-15(12-4-2-7-17-11-12)19-13-5-1-6-14(10-13)20-9-3-8-18-16(20)22;/h1,5-6,10,12,17H,2-4,7-9,11H2,(H,18,22)(H,19,21);1H. The molecule has 1 aromatic rings. The topological polar surface area (TPSA) is 73.5 Å². The lowest BCUT2D eigenvalue weighted by Crippen LogP contribution is -2.46. The number of halogens is 1. The molecule has 1 atom stereocenters. The van der Waals surface area contributed by atoms with Crippen molar-refractivity contribution < 1.29 is 9.59 Å². The van der Waals surface area contributed by atoms with E-state index >= 15 is 0 Å². The van der Waals surface area contributed by atoms with Crippen molar-refractivity contribution in [2.24, 2.45) is 5.92 Å². The monoisotopic (exact) mass is 338 g/mol. The maximum Gasteiger partial charge on any atom is 0.321 e. The van der Waals surface area contributed by atoms with E-state index in [4.69, 9.17) is 0 Å². The molecule has 1 aromatic carbocycles. The van der Waals surface area contributed by atoms with Gasteiger partial charge in [-0.3, -0.25) is 9.69 Å². The zero-order valence-electron chi connectivity index (χ0n) is 13.0. The lowest BCUT2D eigenvalue weighted by Gasteiger charge is -2.28.